The third-order valence-corrected chi connectivity index (χ3v) is 11.1. The molecule has 4 saturated carbocycles. The Kier molecular flexibility index (Phi) is 5.55. The Morgan fingerprint density at radius 2 is 1.83 bits per heavy atom. The molecule has 5 aliphatic carbocycles. The number of rotatable bonds is 3. The van der Waals surface area contributed by atoms with Crippen molar-refractivity contribution in [2.24, 2.45) is 28.1 Å². The average Bonchev–Trinajstić information content (AvgIpc) is 3.29. The minimum atomic E-state index is -1.88. The van der Waals surface area contributed by atoms with Crippen LogP contribution < -0.4 is 0 Å². The lowest BCUT2D eigenvalue weighted by Crippen LogP contribution is -2.62. The van der Waals surface area contributed by atoms with Gasteiger partial charge in [0.2, 0.25) is 5.12 Å². The Balaban J connectivity index is 1.42. The van der Waals surface area contributed by atoms with Gasteiger partial charge in [-0.1, -0.05) is 13.0 Å². The Labute approximate surface area is 210 Å². The molecule has 9 atom stereocenters. The molecule has 0 spiro atoms. The second kappa shape index (κ2) is 7.73. The van der Waals surface area contributed by atoms with Gasteiger partial charge in [-0.05, 0) is 88.9 Å². The van der Waals surface area contributed by atoms with E-state index in [2.05, 4.69) is 12.6 Å². The van der Waals surface area contributed by atoms with Crippen LogP contribution in [0.5, 0.6) is 0 Å². The molecule has 0 heterocycles. The summed E-state index contributed by atoms with van der Waals surface area (Å²) in [6.07, 6.45) is 4.99. The lowest BCUT2D eigenvalue weighted by Gasteiger charge is -2.60. The topological polar surface area (TPSA) is 80.7 Å². The molecular weight excluding hydrogens is 474 g/mol. The van der Waals surface area contributed by atoms with E-state index >= 15 is 8.78 Å². The summed E-state index contributed by atoms with van der Waals surface area (Å²) in [5.41, 5.74) is -6.45. The first kappa shape index (κ1) is 25.1. The summed E-state index contributed by atoms with van der Waals surface area (Å²) >= 11 is 3.84. The van der Waals surface area contributed by atoms with Crippen LogP contribution in [-0.4, -0.2) is 45.5 Å². The van der Waals surface area contributed by atoms with E-state index in [4.69, 9.17) is 4.74 Å². The van der Waals surface area contributed by atoms with Crippen LogP contribution in [0.1, 0.15) is 72.1 Å². The van der Waals surface area contributed by atoms with Crippen molar-refractivity contribution < 1.29 is 33.0 Å². The first-order valence-corrected chi connectivity index (χ1v) is 13.1. The number of carbonyl (C=O) groups excluding carboxylic acids is 3. The number of ketones is 1. The van der Waals surface area contributed by atoms with Gasteiger partial charge in [0.05, 0.1) is 0 Å². The van der Waals surface area contributed by atoms with Crippen molar-refractivity contribution in [1.29, 1.82) is 0 Å². The van der Waals surface area contributed by atoms with Crippen LogP contribution in [0.15, 0.2) is 23.8 Å². The van der Waals surface area contributed by atoms with E-state index < -0.39 is 56.8 Å². The van der Waals surface area contributed by atoms with Gasteiger partial charge >= 0.3 is 5.97 Å². The van der Waals surface area contributed by atoms with E-state index in [-0.39, 0.29) is 36.5 Å². The highest BCUT2D eigenvalue weighted by molar-refractivity contribution is 7.96. The Hall–Kier alpha value is -1.54. The fraction of sp³-hybridized carbons (Fsp3) is 0.741. The predicted molar refractivity (Wildman–Crippen MR) is 128 cm³/mol. The van der Waals surface area contributed by atoms with E-state index in [0.717, 1.165) is 0 Å². The minimum absolute atomic E-state index is 0.00554. The molecule has 0 bridgehead atoms. The number of carbonyl (C=O) groups is 3. The van der Waals surface area contributed by atoms with Crippen LogP contribution in [0, 0.1) is 28.1 Å². The number of aliphatic hydroxyl groups is 1. The maximum absolute atomic E-state index is 17.0. The Morgan fingerprint density at radius 1 is 1.11 bits per heavy atom. The molecule has 0 radical (unpaired) electrons. The van der Waals surface area contributed by atoms with Crippen molar-refractivity contribution in [3.05, 3.63) is 23.8 Å². The number of hydrogen-bond donors (Lipinski definition) is 2. The molecule has 35 heavy (non-hydrogen) atoms. The van der Waals surface area contributed by atoms with E-state index in [0.29, 0.717) is 32.1 Å². The van der Waals surface area contributed by atoms with Crippen molar-refractivity contribution in [2.75, 3.05) is 0 Å². The normalized spacial score (nSPS) is 50.7. The van der Waals surface area contributed by atoms with Crippen LogP contribution in [0.2, 0.25) is 0 Å². The monoisotopic (exact) mass is 508 g/mol. The first-order chi connectivity index (χ1) is 16.2. The lowest BCUT2D eigenvalue weighted by molar-refractivity contribution is -0.189. The van der Waals surface area contributed by atoms with E-state index in [1.165, 1.54) is 12.2 Å². The molecule has 5 aliphatic rings. The highest BCUT2D eigenvalue weighted by Gasteiger charge is 2.69. The quantitative estimate of drug-likeness (QED) is 0.429. The van der Waals surface area contributed by atoms with Gasteiger partial charge < -0.3 is 9.84 Å². The van der Waals surface area contributed by atoms with Gasteiger partial charge in [-0.15, -0.1) is 12.6 Å². The van der Waals surface area contributed by atoms with Crippen LogP contribution >= 0.6 is 12.6 Å². The fourth-order valence-corrected chi connectivity index (χ4v) is 8.63. The Bertz CT molecular complexity index is 1060. The van der Waals surface area contributed by atoms with Gasteiger partial charge in [0.1, 0.15) is 29.0 Å². The summed E-state index contributed by atoms with van der Waals surface area (Å²) in [6, 6.07) is 0. The number of ether oxygens (including phenoxy) is 1. The maximum Gasteiger partial charge on any atom is 0.315 e. The van der Waals surface area contributed by atoms with Gasteiger partial charge in [0, 0.05) is 16.7 Å². The zero-order chi connectivity index (χ0) is 25.6. The van der Waals surface area contributed by atoms with E-state index in [9.17, 15) is 19.5 Å². The summed E-state index contributed by atoms with van der Waals surface area (Å²) in [5, 5.41) is 10.2. The number of fused-ring (bicyclic) bond motifs is 5. The predicted octanol–water partition coefficient (Wildman–Crippen LogP) is 4.62. The second-order valence-electron chi connectivity index (χ2n) is 12.1. The zero-order valence-corrected chi connectivity index (χ0v) is 21.4. The van der Waals surface area contributed by atoms with Gasteiger partial charge in [0.25, 0.3) is 0 Å². The summed E-state index contributed by atoms with van der Waals surface area (Å²) in [5.74, 6) is -1.70. The summed E-state index contributed by atoms with van der Waals surface area (Å²) in [7, 11) is 0. The third-order valence-electron chi connectivity index (χ3n) is 10.7. The molecule has 192 valence electrons. The van der Waals surface area contributed by atoms with Crippen molar-refractivity contribution in [3.63, 3.8) is 0 Å². The smallest absolute Gasteiger partial charge is 0.315 e. The maximum atomic E-state index is 17.0. The molecule has 2 unspecified atom stereocenters. The largest absolute Gasteiger partial charge is 0.461 e. The molecule has 1 N–H and O–H groups in total. The standard InChI is InChI=1S/C27H34F2O5S/c1-23-11-12-26(29)17(14-19(28)18-13-15(30)7-10-24(18,26)2)16(23)5-6-20(23)34-21(31)25(3)8-4-9-27(25,33)22(32)35/h7,10,13,16-17,19-20,33H,4-6,8-9,11-12,14H2,1-3H3,(H,32,35)/t16-,17-,19-,20+,23-,24-,25?,26+,27?/m0/s1. The van der Waals surface area contributed by atoms with Crippen LogP contribution in [-0.2, 0) is 19.1 Å². The Morgan fingerprint density at radius 3 is 2.51 bits per heavy atom. The van der Waals surface area contributed by atoms with Gasteiger partial charge in [-0.2, -0.15) is 0 Å². The second-order valence-corrected chi connectivity index (χ2v) is 12.6. The van der Waals surface area contributed by atoms with E-state index in [1.54, 1.807) is 19.9 Å². The van der Waals surface area contributed by atoms with Gasteiger partial charge in [-0.3, -0.25) is 14.4 Å². The fourth-order valence-electron chi connectivity index (χ4n) is 8.28. The van der Waals surface area contributed by atoms with Crippen molar-refractivity contribution in [3.8, 4) is 0 Å². The zero-order valence-electron chi connectivity index (χ0n) is 20.5. The number of hydrogen-bond acceptors (Lipinski definition) is 5. The molecule has 0 aliphatic heterocycles. The minimum Gasteiger partial charge on any atom is -0.461 e. The molecule has 5 nitrogen and oxygen atoms in total. The highest BCUT2D eigenvalue weighted by atomic mass is 32.1. The first-order valence-electron chi connectivity index (χ1n) is 12.7. The summed E-state index contributed by atoms with van der Waals surface area (Å²) in [6.45, 7) is 5.25. The molecule has 0 saturated heterocycles. The highest BCUT2D eigenvalue weighted by Crippen LogP contribution is 2.68. The number of thiol groups is 1. The molecule has 0 aromatic rings. The van der Waals surface area contributed by atoms with Gasteiger partial charge in [-0.25, -0.2) is 8.78 Å². The van der Waals surface area contributed by atoms with Gasteiger partial charge in [0.15, 0.2) is 5.78 Å². The third kappa shape index (κ3) is 3.11. The van der Waals surface area contributed by atoms with Crippen LogP contribution in [0.25, 0.3) is 0 Å². The lowest BCUT2D eigenvalue weighted by atomic mass is 9.46. The SMILES string of the molecule is CC1(C(=O)O[C@@H]2CC[C@H]3[C@@H]4C[C@H](F)C5=CC(=O)C=C[C@]5(C)[C@@]4(F)CC[C@]23C)CCCC1(O)C(=O)S. The molecule has 0 aromatic heterocycles. The number of alkyl halides is 2. The van der Waals surface area contributed by atoms with Crippen LogP contribution in [0.4, 0.5) is 8.78 Å². The number of esters is 1. The number of halogens is 2. The number of allylic oxidation sites excluding steroid dienone is 4. The molecule has 4 fully saturated rings. The molecule has 8 heteroatoms. The van der Waals surface area contributed by atoms with E-state index in [1.807, 2.05) is 6.92 Å². The molecule has 0 amide bonds. The van der Waals surface area contributed by atoms with Crippen LogP contribution in [0.3, 0.4) is 0 Å². The summed E-state index contributed by atoms with van der Waals surface area (Å²) in [4.78, 5) is 37.4. The molecule has 0 aromatic carbocycles. The van der Waals surface area contributed by atoms with Crippen molar-refractivity contribution in [1.82, 2.24) is 0 Å². The van der Waals surface area contributed by atoms with Crippen molar-refractivity contribution >= 4 is 29.5 Å². The van der Waals surface area contributed by atoms with Crippen molar-refractivity contribution in [2.45, 2.75) is 95.7 Å². The summed E-state index contributed by atoms with van der Waals surface area (Å²) < 4.78 is 38.4. The average molecular weight is 509 g/mol. The molecule has 5 rings (SSSR count). The molecular formula is C27H34F2O5S.